The third-order valence-corrected chi connectivity index (χ3v) is 1.60. The Morgan fingerprint density at radius 2 is 1.73 bits per heavy atom. The predicted octanol–water partition coefficient (Wildman–Crippen LogP) is 3.57. The molecule has 90 valence electrons. The molecule has 0 aliphatic heterocycles. The van der Waals surface area contributed by atoms with Crippen molar-refractivity contribution in [2.45, 2.75) is 45.5 Å². The summed E-state index contributed by atoms with van der Waals surface area (Å²) in [6.45, 7) is 6.72. The molecule has 0 atom stereocenters. The van der Waals surface area contributed by atoms with Crippen LogP contribution in [0.3, 0.4) is 0 Å². The highest BCUT2D eigenvalue weighted by atomic mass is 19.3. The van der Waals surface area contributed by atoms with Crippen molar-refractivity contribution in [2.24, 2.45) is 0 Å². The Balaban J connectivity index is 0. The van der Waals surface area contributed by atoms with Crippen molar-refractivity contribution in [1.29, 1.82) is 0 Å². The second kappa shape index (κ2) is 9.62. The molecule has 0 aliphatic rings. The number of hydrogen-bond donors (Lipinski definition) is 0. The molecule has 0 radical (unpaired) electrons. The van der Waals surface area contributed by atoms with Crippen molar-refractivity contribution in [3.8, 4) is 0 Å². The third kappa shape index (κ3) is 13.1. The van der Waals surface area contributed by atoms with E-state index in [1.54, 1.807) is 13.8 Å². The van der Waals surface area contributed by atoms with Gasteiger partial charge in [0.25, 0.3) is 0 Å². The number of alkyl halides is 2. The van der Waals surface area contributed by atoms with Crippen LogP contribution < -0.4 is 0 Å². The molecule has 0 unspecified atom stereocenters. The van der Waals surface area contributed by atoms with Gasteiger partial charge in [0, 0.05) is 18.9 Å². The van der Waals surface area contributed by atoms with Gasteiger partial charge in [0.2, 0.25) is 5.92 Å². The van der Waals surface area contributed by atoms with Crippen molar-refractivity contribution in [3.05, 3.63) is 12.7 Å². The van der Waals surface area contributed by atoms with Crippen LogP contribution in [0.25, 0.3) is 0 Å². The zero-order valence-electron chi connectivity index (χ0n) is 9.69. The lowest BCUT2D eigenvalue weighted by Gasteiger charge is -2.12. The standard InChI is InChI=1S/C7H14F2.C4H6O2/c1-3-5-7(8,9)6-4-2;1-3-4(5)6-2/h3-6H2,1-2H3;3H,1H2,2H3. The van der Waals surface area contributed by atoms with Gasteiger partial charge in [0.05, 0.1) is 7.11 Å². The minimum absolute atomic E-state index is 0.0425. The summed E-state index contributed by atoms with van der Waals surface area (Å²) in [5.74, 6) is -2.79. The number of carbonyl (C=O) groups is 1. The van der Waals surface area contributed by atoms with Gasteiger partial charge < -0.3 is 4.74 Å². The van der Waals surface area contributed by atoms with Crippen LogP contribution in [-0.2, 0) is 9.53 Å². The minimum atomic E-state index is -2.40. The SMILES string of the molecule is C=CC(=O)OC.CCCC(F)(F)CCC. The molecule has 0 N–H and O–H groups in total. The van der Waals surface area contributed by atoms with Gasteiger partial charge in [-0.15, -0.1) is 0 Å². The van der Waals surface area contributed by atoms with Crippen LogP contribution in [0.4, 0.5) is 8.78 Å². The first-order valence-electron chi connectivity index (χ1n) is 5.01. The first-order valence-corrected chi connectivity index (χ1v) is 5.01. The zero-order valence-corrected chi connectivity index (χ0v) is 9.69. The molecule has 0 heterocycles. The average molecular weight is 222 g/mol. The van der Waals surface area contributed by atoms with Crippen molar-refractivity contribution >= 4 is 5.97 Å². The van der Waals surface area contributed by atoms with Gasteiger partial charge in [-0.25, -0.2) is 13.6 Å². The molecule has 4 heteroatoms. The van der Waals surface area contributed by atoms with Crippen molar-refractivity contribution < 1.29 is 18.3 Å². The minimum Gasteiger partial charge on any atom is -0.466 e. The molecule has 15 heavy (non-hydrogen) atoms. The van der Waals surface area contributed by atoms with E-state index in [2.05, 4.69) is 11.3 Å². The predicted molar refractivity (Wildman–Crippen MR) is 57.0 cm³/mol. The molecule has 0 aromatic carbocycles. The monoisotopic (exact) mass is 222 g/mol. The molecule has 0 aliphatic carbocycles. The average Bonchev–Trinajstić information content (AvgIpc) is 2.17. The quantitative estimate of drug-likeness (QED) is 0.525. The van der Waals surface area contributed by atoms with Gasteiger partial charge in [0.1, 0.15) is 0 Å². The van der Waals surface area contributed by atoms with Crippen molar-refractivity contribution in [3.63, 3.8) is 0 Å². The molecule has 0 aromatic rings. The van der Waals surface area contributed by atoms with Crippen LogP contribution in [0, 0.1) is 0 Å². The largest absolute Gasteiger partial charge is 0.466 e. The Labute approximate surface area is 90.3 Å². The van der Waals surface area contributed by atoms with Crippen molar-refractivity contribution in [1.82, 2.24) is 0 Å². The summed E-state index contributed by atoms with van der Waals surface area (Å²) in [6.07, 6.45) is 2.35. The normalized spacial score (nSPS) is 9.93. The van der Waals surface area contributed by atoms with E-state index < -0.39 is 11.9 Å². The number of halogens is 2. The zero-order chi connectivity index (χ0) is 12.3. The van der Waals surface area contributed by atoms with Crippen LogP contribution in [0.2, 0.25) is 0 Å². The van der Waals surface area contributed by atoms with Crippen LogP contribution >= 0.6 is 0 Å². The molecule has 0 fully saturated rings. The Morgan fingerprint density at radius 1 is 1.33 bits per heavy atom. The number of ether oxygens (including phenoxy) is 1. The molecule has 0 amide bonds. The van der Waals surface area contributed by atoms with E-state index in [1.165, 1.54) is 7.11 Å². The summed E-state index contributed by atoms with van der Waals surface area (Å²) in [5.41, 5.74) is 0. The van der Waals surface area contributed by atoms with Gasteiger partial charge in [-0.1, -0.05) is 33.3 Å². The maximum absolute atomic E-state index is 12.4. The van der Waals surface area contributed by atoms with Crippen molar-refractivity contribution in [2.75, 3.05) is 7.11 Å². The fraction of sp³-hybridized carbons (Fsp3) is 0.727. The lowest BCUT2D eigenvalue weighted by atomic mass is 10.1. The number of carbonyl (C=O) groups excluding carboxylic acids is 1. The van der Waals surface area contributed by atoms with E-state index in [-0.39, 0.29) is 12.8 Å². The fourth-order valence-electron chi connectivity index (χ4n) is 0.940. The molecular weight excluding hydrogens is 202 g/mol. The van der Waals surface area contributed by atoms with Gasteiger partial charge in [0.15, 0.2) is 0 Å². The van der Waals surface area contributed by atoms with E-state index >= 15 is 0 Å². The highest BCUT2D eigenvalue weighted by molar-refractivity contribution is 5.80. The number of hydrogen-bond acceptors (Lipinski definition) is 2. The van der Waals surface area contributed by atoms with Crippen LogP contribution in [0.5, 0.6) is 0 Å². The van der Waals surface area contributed by atoms with Crippen LogP contribution in [-0.4, -0.2) is 19.0 Å². The van der Waals surface area contributed by atoms with E-state index in [4.69, 9.17) is 0 Å². The molecule has 0 rings (SSSR count). The Kier molecular flexibility index (Phi) is 10.6. The van der Waals surface area contributed by atoms with Crippen LogP contribution in [0.15, 0.2) is 12.7 Å². The summed E-state index contributed by atoms with van der Waals surface area (Å²) in [6, 6.07) is 0. The molecule has 0 saturated heterocycles. The Morgan fingerprint density at radius 3 is 1.87 bits per heavy atom. The summed E-state index contributed by atoms with van der Waals surface area (Å²) in [7, 11) is 1.31. The topological polar surface area (TPSA) is 26.3 Å². The van der Waals surface area contributed by atoms with E-state index in [9.17, 15) is 13.6 Å². The second-order valence-electron chi connectivity index (χ2n) is 3.08. The molecule has 0 spiro atoms. The van der Waals surface area contributed by atoms with E-state index in [0.29, 0.717) is 12.8 Å². The number of esters is 1. The maximum atomic E-state index is 12.4. The Hall–Kier alpha value is -0.930. The fourth-order valence-corrected chi connectivity index (χ4v) is 0.940. The van der Waals surface area contributed by atoms with Crippen LogP contribution in [0.1, 0.15) is 39.5 Å². The smallest absolute Gasteiger partial charge is 0.329 e. The Bertz CT molecular complexity index is 171. The molecule has 0 saturated carbocycles. The lowest BCUT2D eigenvalue weighted by molar-refractivity contribution is -0.134. The highest BCUT2D eigenvalue weighted by Crippen LogP contribution is 2.25. The second-order valence-corrected chi connectivity index (χ2v) is 3.08. The summed E-state index contributed by atoms with van der Waals surface area (Å²) >= 11 is 0. The number of methoxy groups -OCH3 is 1. The molecule has 0 bridgehead atoms. The van der Waals surface area contributed by atoms with Gasteiger partial charge in [-0.2, -0.15) is 0 Å². The number of rotatable bonds is 5. The first-order chi connectivity index (χ1) is 6.93. The van der Waals surface area contributed by atoms with Gasteiger partial charge in [-0.3, -0.25) is 0 Å². The summed E-state index contributed by atoms with van der Waals surface area (Å²) in [5, 5.41) is 0. The summed E-state index contributed by atoms with van der Waals surface area (Å²) < 4.78 is 29.0. The molecular formula is C11H20F2O2. The highest BCUT2D eigenvalue weighted by Gasteiger charge is 2.25. The molecule has 2 nitrogen and oxygen atoms in total. The lowest BCUT2D eigenvalue weighted by Crippen LogP contribution is -2.14. The maximum Gasteiger partial charge on any atom is 0.329 e. The van der Waals surface area contributed by atoms with E-state index in [1.807, 2.05) is 0 Å². The van der Waals surface area contributed by atoms with Gasteiger partial charge in [-0.05, 0) is 0 Å². The summed E-state index contributed by atoms with van der Waals surface area (Å²) in [4.78, 5) is 9.84. The molecule has 0 aromatic heterocycles. The first kappa shape index (κ1) is 16.5. The van der Waals surface area contributed by atoms with Gasteiger partial charge >= 0.3 is 5.97 Å². The third-order valence-electron chi connectivity index (χ3n) is 1.60. The van der Waals surface area contributed by atoms with E-state index in [0.717, 1.165) is 6.08 Å².